The van der Waals surface area contributed by atoms with Crippen molar-refractivity contribution in [2.24, 2.45) is 0 Å². The van der Waals surface area contributed by atoms with Crippen LogP contribution in [-0.2, 0) is 0 Å². The largest absolute Gasteiger partial charge is 0.486 e. The monoisotopic (exact) mass is 455 g/mol. The van der Waals surface area contributed by atoms with Gasteiger partial charge in [0, 0.05) is 24.0 Å². The van der Waals surface area contributed by atoms with Crippen LogP contribution in [0.1, 0.15) is 0 Å². The molecule has 0 radical (unpaired) electrons. The van der Waals surface area contributed by atoms with Crippen LogP contribution in [0, 0.1) is 0 Å². The number of rotatable bonds is 2. The number of nitrogens with zero attached hydrogens (tertiary/aromatic N) is 5. The topological polar surface area (TPSA) is 102 Å². The van der Waals surface area contributed by atoms with Gasteiger partial charge in [-0.05, 0) is 36.4 Å². The number of hydrogen-bond donors (Lipinski definition) is 0. The van der Waals surface area contributed by atoms with Gasteiger partial charge in [0.15, 0.2) is 28.8 Å². The summed E-state index contributed by atoms with van der Waals surface area (Å²) in [4.78, 5) is 22.3. The highest BCUT2D eigenvalue weighted by Crippen LogP contribution is 2.34. The third kappa shape index (κ3) is 2.88. The molecule has 0 atom stereocenters. The summed E-state index contributed by atoms with van der Waals surface area (Å²) in [7, 11) is 0. The lowest BCUT2D eigenvalue weighted by Gasteiger charge is -2.19. The van der Waals surface area contributed by atoms with Gasteiger partial charge in [0.1, 0.15) is 26.4 Å². The Kier molecular flexibility index (Phi) is 4.01. The van der Waals surface area contributed by atoms with Crippen LogP contribution in [0.5, 0.6) is 23.0 Å². The van der Waals surface area contributed by atoms with E-state index in [1.54, 1.807) is 27.4 Å². The Hall–Kier alpha value is -4.60. The Labute approximate surface area is 191 Å². The molecule has 10 nitrogen and oxygen atoms in total. The van der Waals surface area contributed by atoms with Crippen molar-refractivity contribution >= 4 is 16.7 Å². The van der Waals surface area contributed by atoms with E-state index in [4.69, 9.17) is 18.9 Å². The maximum absolute atomic E-state index is 13.3. The van der Waals surface area contributed by atoms with Gasteiger partial charge in [0.25, 0.3) is 11.3 Å². The molecule has 5 heterocycles. The van der Waals surface area contributed by atoms with Gasteiger partial charge in [-0.2, -0.15) is 9.50 Å². The molecule has 2 aliphatic heterocycles. The van der Waals surface area contributed by atoms with E-state index < -0.39 is 0 Å². The van der Waals surface area contributed by atoms with E-state index in [0.29, 0.717) is 77.6 Å². The van der Waals surface area contributed by atoms with E-state index in [9.17, 15) is 4.79 Å². The molecule has 0 unspecified atom stereocenters. The summed E-state index contributed by atoms with van der Waals surface area (Å²) >= 11 is 0. The van der Waals surface area contributed by atoms with Crippen LogP contribution >= 0.6 is 0 Å². The molecular weight excluding hydrogens is 438 g/mol. The molecule has 2 aromatic carbocycles. The fourth-order valence-electron chi connectivity index (χ4n) is 4.21. The first kappa shape index (κ1) is 18.9. The molecule has 168 valence electrons. The van der Waals surface area contributed by atoms with Gasteiger partial charge in [0.05, 0.1) is 16.6 Å². The van der Waals surface area contributed by atoms with Gasteiger partial charge in [-0.1, -0.05) is 0 Å². The number of aromatic nitrogens is 5. The molecule has 5 aromatic rings. The predicted octanol–water partition coefficient (Wildman–Crippen LogP) is 2.64. The zero-order chi connectivity index (χ0) is 22.6. The average Bonchev–Trinajstić information content (AvgIpc) is 3.33. The summed E-state index contributed by atoms with van der Waals surface area (Å²) in [6.07, 6.45) is 3.24. The van der Waals surface area contributed by atoms with Crippen molar-refractivity contribution in [3.63, 3.8) is 0 Å². The summed E-state index contributed by atoms with van der Waals surface area (Å²) in [5, 5.41) is 5.04. The van der Waals surface area contributed by atoms with E-state index in [1.807, 2.05) is 30.3 Å². The lowest BCUT2D eigenvalue weighted by Crippen LogP contribution is -2.20. The van der Waals surface area contributed by atoms with Gasteiger partial charge < -0.3 is 18.9 Å². The number of hydrogen-bond acceptors (Lipinski definition) is 8. The molecule has 0 aliphatic carbocycles. The van der Waals surface area contributed by atoms with Gasteiger partial charge in [-0.3, -0.25) is 9.36 Å². The number of pyridine rings is 1. The van der Waals surface area contributed by atoms with Crippen molar-refractivity contribution in [3.8, 4) is 40.1 Å². The van der Waals surface area contributed by atoms with Crippen LogP contribution in [0.25, 0.3) is 33.8 Å². The minimum absolute atomic E-state index is 0.222. The second-order valence-corrected chi connectivity index (χ2v) is 7.88. The number of fused-ring (bicyclic) bond motifs is 5. The first-order valence-corrected chi connectivity index (χ1v) is 10.8. The first-order chi connectivity index (χ1) is 16.7. The predicted molar refractivity (Wildman–Crippen MR) is 121 cm³/mol. The van der Waals surface area contributed by atoms with Crippen molar-refractivity contribution in [1.82, 2.24) is 24.1 Å². The Morgan fingerprint density at radius 1 is 0.794 bits per heavy atom. The summed E-state index contributed by atoms with van der Waals surface area (Å²) in [5.74, 6) is 3.51. The third-order valence-electron chi connectivity index (χ3n) is 5.84. The fourth-order valence-corrected chi connectivity index (χ4v) is 4.21. The minimum Gasteiger partial charge on any atom is -0.486 e. The summed E-state index contributed by atoms with van der Waals surface area (Å²) < 4.78 is 25.6. The third-order valence-corrected chi connectivity index (χ3v) is 5.84. The molecular formula is C24H17N5O5. The quantitative estimate of drug-likeness (QED) is 0.400. The van der Waals surface area contributed by atoms with Crippen LogP contribution in [0.3, 0.4) is 0 Å². The Balaban J connectivity index is 1.33. The highest BCUT2D eigenvalue weighted by molar-refractivity contribution is 5.79. The van der Waals surface area contributed by atoms with E-state index in [1.165, 1.54) is 6.20 Å². The maximum Gasteiger partial charge on any atom is 0.266 e. The lowest BCUT2D eigenvalue weighted by molar-refractivity contribution is 0.171. The molecule has 10 heteroatoms. The van der Waals surface area contributed by atoms with Crippen LogP contribution < -0.4 is 24.5 Å². The Morgan fingerprint density at radius 3 is 2.29 bits per heavy atom. The second kappa shape index (κ2) is 7.20. The van der Waals surface area contributed by atoms with E-state index in [2.05, 4.69) is 15.1 Å². The van der Waals surface area contributed by atoms with Crippen molar-refractivity contribution in [2.45, 2.75) is 0 Å². The van der Waals surface area contributed by atoms with Crippen molar-refractivity contribution < 1.29 is 18.9 Å². The number of ether oxygens (including phenoxy) is 4. The molecule has 3 aromatic heterocycles. The minimum atomic E-state index is -0.222. The van der Waals surface area contributed by atoms with Gasteiger partial charge >= 0.3 is 0 Å². The van der Waals surface area contributed by atoms with E-state index in [0.717, 1.165) is 5.56 Å². The SMILES string of the molecule is O=c1c2cnc3nc(-c4ccc5c(c4)OCCO5)nn3c2ccn1-c1ccc2c(c1)OCCO2. The summed E-state index contributed by atoms with van der Waals surface area (Å²) in [6, 6.07) is 12.8. The molecule has 7 rings (SSSR count). The Morgan fingerprint density at radius 2 is 1.50 bits per heavy atom. The zero-order valence-electron chi connectivity index (χ0n) is 17.8. The molecule has 0 bridgehead atoms. The van der Waals surface area contributed by atoms with Crippen LogP contribution in [0.15, 0.2) is 59.7 Å². The maximum atomic E-state index is 13.3. The smallest absolute Gasteiger partial charge is 0.266 e. The first-order valence-electron chi connectivity index (χ1n) is 10.8. The highest BCUT2D eigenvalue weighted by atomic mass is 16.6. The molecule has 0 N–H and O–H groups in total. The van der Waals surface area contributed by atoms with Crippen molar-refractivity contribution in [2.75, 3.05) is 26.4 Å². The number of benzene rings is 2. The molecule has 2 aliphatic rings. The normalized spacial score (nSPS) is 14.5. The van der Waals surface area contributed by atoms with Crippen LogP contribution in [0.4, 0.5) is 0 Å². The van der Waals surface area contributed by atoms with Crippen molar-refractivity contribution in [1.29, 1.82) is 0 Å². The standard InChI is InChI=1S/C24H17N5O5/c30-23-16-13-25-24-26-22(14-1-3-18-20(11-14)33-9-7-31-18)27-29(24)17(16)5-6-28(23)15-2-4-19-21(12-15)34-10-8-32-19/h1-6,11-13H,7-10H2. The summed E-state index contributed by atoms with van der Waals surface area (Å²) in [5.41, 5.74) is 1.83. The van der Waals surface area contributed by atoms with Crippen LogP contribution in [0.2, 0.25) is 0 Å². The second-order valence-electron chi connectivity index (χ2n) is 7.88. The van der Waals surface area contributed by atoms with Crippen molar-refractivity contribution in [3.05, 3.63) is 65.2 Å². The highest BCUT2D eigenvalue weighted by Gasteiger charge is 2.18. The fraction of sp³-hybridized carbons (Fsp3) is 0.167. The summed E-state index contributed by atoms with van der Waals surface area (Å²) in [6.45, 7) is 2.01. The lowest BCUT2D eigenvalue weighted by atomic mass is 10.2. The zero-order valence-corrected chi connectivity index (χ0v) is 17.8. The Bertz CT molecular complexity index is 1660. The molecule has 0 saturated carbocycles. The molecule has 0 fully saturated rings. The van der Waals surface area contributed by atoms with Gasteiger partial charge in [-0.25, -0.2) is 4.98 Å². The van der Waals surface area contributed by atoms with Gasteiger partial charge in [0.2, 0.25) is 0 Å². The van der Waals surface area contributed by atoms with Gasteiger partial charge in [-0.15, -0.1) is 5.10 Å². The van der Waals surface area contributed by atoms with E-state index in [-0.39, 0.29) is 5.56 Å². The molecule has 0 amide bonds. The molecule has 0 saturated heterocycles. The molecule has 0 spiro atoms. The molecule has 34 heavy (non-hydrogen) atoms. The van der Waals surface area contributed by atoms with Crippen LogP contribution in [-0.4, -0.2) is 50.6 Å². The van der Waals surface area contributed by atoms with E-state index >= 15 is 0 Å². The average molecular weight is 455 g/mol.